The standard InChI is InChI=1S/C11H19N3O4/c1-11(2,9(16)17)13(3)10(18)14-6-4-5-7(14)8(12)15/h7H,4-6H2,1-3H3,(H2,12,15)(H,16,17). The molecule has 0 aromatic heterocycles. The number of nitrogens with two attached hydrogens (primary N) is 1. The molecule has 1 aliphatic rings. The number of carboxylic acid groups (broad SMARTS) is 1. The molecule has 0 bridgehead atoms. The minimum atomic E-state index is -1.33. The third-order valence-corrected chi connectivity index (χ3v) is 3.48. The molecule has 102 valence electrons. The third-order valence-electron chi connectivity index (χ3n) is 3.48. The van der Waals surface area contributed by atoms with Crippen LogP contribution in [0.2, 0.25) is 0 Å². The Kier molecular flexibility index (Phi) is 3.83. The molecule has 0 saturated carbocycles. The molecule has 1 aliphatic heterocycles. The topological polar surface area (TPSA) is 104 Å². The highest BCUT2D eigenvalue weighted by molar-refractivity contribution is 5.89. The quantitative estimate of drug-likeness (QED) is 0.733. The minimum Gasteiger partial charge on any atom is -0.480 e. The zero-order chi connectivity index (χ0) is 14.1. The fourth-order valence-corrected chi connectivity index (χ4v) is 1.87. The van der Waals surface area contributed by atoms with Crippen molar-refractivity contribution in [3.8, 4) is 0 Å². The van der Waals surface area contributed by atoms with Gasteiger partial charge in [-0.3, -0.25) is 4.79 Å². The Morgan fingerprint density at radius 3 is 2.39 bits per heavy atom. The number of amides is 3. The smallest absolute Gasteiger partial charge is 0.329 e. The molecule has 1 heterocycles. The van der Waals surface area contributed by atoms with Crippen LogP contribution >= 0.6 is 0 Å². The van der Waals surface area contributed by atoms with Crippen LogP contribution in [0.1, 0.15) is 26.7 Å². The van der Waals surface area contributed by atoms with Crippen molar-refractivity contribution in [3.05, 3.63) is 0 Å². The fourth-order valence-electron chi connectivity index (χ4n) is 1.87. The van der Waals surface area contributed by atoms with E-state index in [-0.39, 0.29) is 0 Å². The summed E-state index contributed by atoms with van der Waals surface area (Å²) in [5, 5.41) is 9.07. The summed E-state index contributed by atoms with van der Waals surface area (Å²) in [7, 11) is 1.41. The molecule has 18 heavy (non-hydrogen) atoms. The van der Waals surface area contributed by atoms with E-state index in [2.05, 4.69) is 0 Å². The van der Waals surface area contributed by atoms with Gasteiger partial charge >= 0.3 is 12.0 Å². The highest BCUT2D eigenvalue weighted by Crippen LogP contribution is 2.22. The molecule has 0 spiro atoms. The Morgan fingerprint density at radius 1 is 1.39 bits per heavy atom. The second-order valence-electron chi connectivity index (χ2n) is 4.96. The summed E-state index contributed by atoms with van der Waals surface area (Å²) in [4.78, 5) is 37.0. The summed E-state index contributed by atoms with van der Waals surface area (Å²) in [6, 6.07) is -1.12. The largest absolute Gasteiger partial charge is 0.480 e. The zero-order valence-electron chi connectivity index (χ0n) is 10.8. The van der Waals surface area contributed by atoms with Gasteiger partial charge in [-0.25, -0.2) is 9.59 Å². The summed E-state index contributed by atoms with van der Waals surface area (Å²) in [6.45, 7) is 3.29. The van der Waals surface area contributed by atoms with Crippen LogP contribution in [0.25, 0.3) is 0 Å². The van der Waals surface area contributed by atoms with Crippen molar-refractivity contribution in [1.82, 2.24) is 9.80 Å². The number of carbonyl (C=O) groups excluding carboxylic acids is 2. The average molecular weight is 257 g/mol. The van der Waals surface area contributed by atoms with Crippen molar-refractivity contribution in [2.45, 2.75) is 38.3 Å². The summed E-state index contributed by atoms with van der Waals surface area (Å²) < 4.78 is 0. The van der Waals surface area contributed by atoms with Crippen molar-refractivity contribution in [1.29, 1.82) is 0 Å². The maximum absolute atomic E-state index is 12.2. The van der Waals surface area contributed by atoms with E-state index in [9.17, 15) is 14.4 Å². The van der Waals surface area contributed by atoms with Crippen LogP contribution in [-0.2, 0) is 9.59 Å². The average Bonchev–Trinajstić information content (AvgIpc) is 2.75. The highest BCUT2D eigenvalue weighted by atomic mass is 16.4. The van der Waals surface area contributed by atoms with E-state index >= 15 is 0 Å². The number of hydrogen-bond acceptors (Lipinski definition) is 3. The van der Waals surface area contributed by atoms with E-state index in [1.165, 1.54) is 25.8 Å². The van der Waals surface area contributed by atoms with Gasteiger partial charge in [-0.05, 0) is 26.7 Å². The summed E-state index contributed by atoms with van der Waals surface area (Å²) in [5.41, 5.74) is 3.90. The van der Waals surface area contributed by atoms with Gasteiger partial charge in [0.15, 0.2) is 0 Å². The van der Waals surface area contributed by atoms with Crippen molar-refractivity contribution in [2.75, 3.05) is 13.6 Å². The Balaban J connectivity index is 2.87. The number of likely N-dealkylation sites (tertiary alicyclic amines) is 1. The molecule has 1 unspecified atom stereocenters. The third kappa shape index (κ3) is 2.39. The van der Waals surface area contributed by atoms with E-state index in [0.717, 1.165) is 4.90 Å². The van der Waals surface area contributed by atoms with Crippen LogP contribution in [0, 0.1) is 0 Å². The number of aliphatic carboxylic acids is 1. The number of likely N-dealkylation sites (N-methyl/N-ethyl adjacent to an activating group) is 1. The Labute approximate surface area is 106 Å². The molecule has 7 heteroatoms. The van der Waals surface area contributed by atoms with Crippen LogP contribution in [-0.4, -0.2) is 58.0 Å². The first-order valence-corrected chi connectivity index (χ1v) is 5.76. The fraction of sp³-hybridized carbons (Fsp3) is 0.727. The molecule has 3 N–H and O–H groups in total. The summed E-state index contributed by atoms with van der Waals surface area (Å²) in [5.74, 6) is -1.66. The van der Waals surface area contributed by atoms with Crippen molar-refractivity contribution >= 4 is 17.9 Å². The molecule has 0 radical (unpaired) electrons. The summed E-state index contributed by atoms with van der Waals surface area (Å²) in [6.07, 6.45) is 1.23. The summed E-state index contributed by atoms with van der Waals surface area (Å²) >= 11 is 0. The molecule has 1 rings (SSSR count). The second-order valence-corrected chi connectivity index (χ2v) is 4.96. The van der Waals surface area contributed by atoms with Crippen molar-refractivity contribution < 1.29 is 19.5 Å². The van der Waals surface area contributed by atoms with Gasteiger partial charge in [-0.1, -0.05) is 0 Å². The minimum absolute atomic E-state index is 0.423. The van der Waals surface area contributed by atoms with E-state index in [4.69, 9.17) is 10.8 Å². The first-order chi connectivity index (χ1) is 8.19. The lowest BCUT2D eigenvalue weighted by molar-refractivity contribution is -0.147. The molecule has 7 nitrogen and oxygen atoms in total. The monoisotopic (exact) mass is 257 g/mol. The van der Waals surface area contributed by atoms with Crippen LogP contribution in [0.15, 0.2) is 0 Å². The van der Waals surface area contributed by atoms with Gasteiger partial charge in [0.25, 0.3) is 0 Å². The molecule has 1 fully saturated rings. The molecule has 0 aliphatic carbocycles. The first-order valence-electron chi connectivity index (χ1n) is 5.76. The normalized spacial score (nSPS) is 19.7. The van der Waals surface area contributed by atoms with E-state index in [1.54, 1.807) is 0 Å². The van der Waals surface area contributed by atoms with Crippen LogP contribution in [0.5, 0.6) is 0 Å². The lowest BCUT2D eigenvalue weighted by atomic mass is 10.0. The number of urea groups is 1. The molecule has 0 aromatic rings. The van der Waals surface area contributed by atoms with Crippen LogP contribution < -0.4 is 5.73 Å². The molecular formula is C11H19N3O4. The van der Waals surface area contributed by atoms with Gasteiger partial charge in [0.1, 0.15) is 11.6 Å². The number of carbonyl (C=O) groups is 3. The Morgan fingerprint density at radius 2 is 1.94 bits per heavy atom. The zero-order valence-corrected chi connectivity index (χ0v) is 10.8. The van der Waals surface area contributed by atoms with Crippen molar-refractivity contribution in [2.24, 2.45) is 5.73 Å². The number of rotatable bonds is 3. The lowest BCUT2D eigenvalue weighted by Gasteiger charge is -2.36. The number of primary amides is 1. The van der Waals surface area contributed by atoms with Gasteiger partial charge in [0.2, 0.25) is 5.91 Å². The van der Waals surface area contributed by atoms with Gasteiger partial charge in [0, 0.05) is 13.6 Å². The second kappa shape index (κ2) is 4.83. The molecule has 1 atom stereocenters. The van der Waals surface area contributed by atoms with Gasteiger partial charge in [-0.2, -0.15) is 0 Å². The molecule has 0 aromatic carbocycles. The van der Waals surface area contributed by atoms with Gasteiger partial charge < -0.3 is 20.6 Å². The van der Waals surface area contributed by atoms with E-state index < -0.39 is 29.5 Å². The number of nitrogens with zero attached hydrogens (tertiary/aromatic N) is 2. The number of hydrogen-bond donors (Lipinski definition) is 2. The van der Waals surface area contributed by atoms with E-state index in [1.807, 2.05) is 0 Å². The van der Waals surface area contributed by atoms with Gasteiger partial charge in [0.05, 0.1) is 0 Å². The molecule has 1 saturated heterocycles. The first kappa shape index (κ1) is 14.3. The van der Waals surface area contributed by atoms with E-state index in [0.29, 0.717) is 19.4 Å². The van der Waals surface area contributed by atoms with Crippen LogP contribution in [0.4, 0.5) is 4.79 Å². The molecular weight excluding hydrogens is 238 g/mol. The van der Waals surface area contributed by atoms with Gasteiger partial charge in [-0.15, -0.1) is 0 Å². The van der Waals surface area contributed by atoms with Crippen molar-refractivity contribution in [3.63, 3.8) is 0 Å². The predicted molar refractivity (Wildman–Crippen MR) is 63.8 cm³/mol. The van der Waals surface area contributed by atoms with Crippen LogP contribution in [0.3, 0.4) is 0 Å². The highest BCUT2D eigenvalue weighted by Gasteiger charge is 2.41. The Hall–Kier alpha value is -1.79. The molecule has 3 amide bonds. The maximum atomic E-state index is 12.2. The number of carboxylic acids is 1. The SMILES string of the molecule is CN(C(=O)N1CCCC1C(N)=O)C(C)(C)C(=O)O. The Bertz CT molecular complexity index is 376. The maximum Gasteiger partial charge on any atom is 0.329 e. The predicted octanol–water partition coefficient (Wildman–Crippen LogP) is -0.149. The lowest BCUT2D eigenvalue weighted by Crippen LogP contribution is -2.57.